The Kier molecular flexibility index (Phi) is 6.91. The molecule has 0 unspecified atom stereocenters. The summed E-state index contributed by atoms with van der Waals surface area (Å²) in [6.45, 7) is 2.37. The minimum atomic E-state index is -0.160. The summed E-state index contributed by atoms with van der Waals surface area (Å²) < 4.78 is 0. The number of hydrogen-bond donors (Lipinski definition) is 2. The highest BCUT2D eigenvalue weighted by Crippen LogP contribution is 2.43. The third-order valence-corrected chi connectivity index (χ3v) is 4.65. The molecule has 1 aliphatic carbocycles. The van der Waals surface area contributed by atoms with Crippen molar-refractivity contribution >= 4 is 30.7 Å². The second-order valence-corrected chi connectivity index (χ2v) is 5.73. The molecule has 0 radical (unpaired) electrons. The van der Waals surface area contributed by atoms with Gasteiger partial charge in [0, 0.05) is 12.7 Å². The predicted molar refractivity (Wildman–Crippen MR) is 87.8 cm³/mol. The Bertz CT molecular complexity index is 457. The van der Waals surface area contributed by atoms with Gasteiger partial charge in [-0.25, -0.2) is 0 Å². The van der Waals surface area contributed by atoms with Crippen molar-refractivity contribution in [3.05, 3.63) is 30.1 Å². The minimum absolute atomic E-state index is 0. The van der Waals surface area contributed by atoms with Gasteiger partial charge in [-0.1, -0.05) is 18.9 Å². The molecule has 1 saturated carbocycles. The zero-order valence-corrected chi connectivity index (χ0v) is 13.6. The number of nitrogens with one attached hydrogen (secondary N) is 2. The van der Waals surface area contributed by atoms with Crippen molar-refractivity contribution in [1.82, 2.24) is 15.6 Å². The van der Waals surface area contributed by atoms with Crippen molar-refractivity contribution in [3.63, 3.8) is 0 Å². The molecule has 1 aromatic rings. The smallest absolute Gasteiger partial charge is 0.228 e. The summed E-state index contributed by atoms with van der Waals surface area (Å²) in [5, 5.41) is 6.50. The van der Waals surface area contributed by atoms with Crippen molar-refractivity contribution in [2.24, 2.45) is 11.3 Å². The van der Waals surface area contributed by atoms with E-state index >= 15 is 0 Å². The van der Waals surface area contributed by atoms with Crippen LogP contribution in [0, 0.1) is 11.3 Å². The lowest BCUT2D eigenvalue weighted by Gasteiger charge is -2.37. The van der Waals surface area contributed by atoms with E-state index in [2.05, 4.69) is 15.6 Å². The molecule has 3 rings (SSSR count). The largest absolute Gasteiger partial charge is 0.350 e. The predicted octanol–water partition coefficient (Wildman–Crippen LogP) is 2.32. The fraction of sp³-hybridized carbons (Fsp3) is 0.600. The molecule has 4 nitrogen and oxygen atoms in total. The van der Waals surface area contributed by atoms with E-state index in [0.29, 0.717) is 12.5 Å². The number of amides is 1. The lowest BCUT2D eigenvalue weighted by Crippen LogP contribution is -2.47. The summed E-state index contributed by atoms with van der Waals surface area (Å²) in [5.41, 5.74) is 0.762. The standard InChI is InChI=1S/C15H21N3O.2ClH/c19-14(18-10-13-6-2-4-8-17-13)15-7-3-1-5-12(15)9-16-11-15;;/h2,4,6,8,12,16H,1,3,5,7,9-11H2,(H,18,19);2*1H/t12-,15+;;/m0../s1. The van der Waals surface area contributed by atoms with Crippen LogP contribution in [0.25, 0.3) is 0 Å². The zero-order valence-electron chi connectivity index (χ0n) is 12.0. The van der Waals surface area contributed by atoms with Crippen LogP contribution in [0.1, 0.15) is 31.4 Å². The van der Waals surface area contributed by atoms with E-state index < -0.39 is 0 Å². The SMILES string of the molecule is Cl.Cl.O=C(NCc1ccccn1)[C@@]12CCCC[C@H]1CNC2. The fourth-order valence-corrected chi connectivity index (χ4v) is 3.54. The van der Waals surface area contributed by atoms with Crippen molar-refractivity contribution < 1.29 is 4.79 Å². The first-order valence-corrected chi connectivity index (χ1v) is 7.20. The van der Waals surface area contributed by atoms with Gasteiger partial charge in [-0.3, -0.25) is 9.78 Å². The van der Waals surface area contributed by atoms with E-state index in [0.717, 1.165) is 25.2 Å². The van der Waals surface area contributed by atoms with Crippen molar-refractivity contribution in [3.8, 4) is 0 Å². The third kappa shape index (κ3) is 3.68. The van der Waals surface area contributed by atoms with Gasteiger partial charge in [0.1, 0.15) is 0 Å². The lowest BCUT2D eigenvalue weighted by atomic mass is 9.67. The molecule has 0 bridgehead atoms. The van der Waals surface area contributed by atoms with E-state index in [9.17, 15) is 4.79 Å². The molecule has 2 heterocycles. The van der Waals surface area contributed by atoms with Gasteiger partial charge in [-0.15, -0.1) is 24.8 Å². The summed E-state index contributed by atoms with van der Waals surface area (Å²) in [6, 6.07) is 5.79. The number of halogens is 2. The van der Waals surface area contributed by atoms with Gasteiger partial charge in [0.2, 0.25) is 5.91 Å². The minimum Gasteiger partial charge on any atom is -0.350 e. The van der Waals surface area contributed by atoms with Crippen LogP contribution >= 0.6 is 24.8 Å². The highest BCUT2D eigenvalue weighted by atomic mass is 35.5. The van der Waals surface area contributed by atoms with Crippen LogP contribution < -0.4 is 10.6 Å². The number of hydrogen-bond acceptors (Lipinski definition) is 3. The molecule has 2 fully saturated rings. The third-order valence-electron chi connectivity index (χ3n) is 4.65. The second-order valence-electron chi connectivity index (χ2n) is 5.73. The lowest BCUT2D eigenvalue weighted by molar-refractivity contribution is -0.134. The summed E-state index contributed by atoms with van der Waals surface area (Å²) in [5.74, 6) is 0.734. The number of aromatic nitrogens is 1. The van der Waals surface area contributed by atoms with E-state index in [1.807, 2.05) is 18.2 Å². The van der Waals surface area contributed by atoms with Gasteiger partial charge in [-0.2, -0.15) is 0 Å². The molecule has 118 valence electrons. The average Bonchev–Trinajstić information content (AvgIpc) is 2.91. The van der Waals surface area contributed by atoms with Gasteiger partial charge in [0.15, 0.2) is 0 Å². The topological polar surface area (TPSA) is 54.0 Å². The van der Waals surface area contributed by atoms with Gasteiger partial charge in [-0.05, 0) is 37.4 Å². The van der Waals surface area contributed by atoms with E-state index in [1.165, 1.54) is 19.3 Å². The molecule has 2 aliphatic rings. The normalized spacial score (nSPS) is 27.0. The van der Waals surface area contributed by atoms with Crippen LogP contribution in [0.15, 0.2) is 24.4 Å². The molecule has 2 atom stereocenters. The number of carbonyl (C=O) groups is 1. The first-order chi connectivity index (χ1) is 9.31. The Morgan fingerprint density at radius 1 is 1.38 bits per heavy atom. The maximum absolute atomic E-state index is 12.6. The summed E-state index contributed by atoms with van der Waals surface area (Å²) in [7, 11) is 0. The molecular weight excluding hydrogens is 309 g/mol. The van der Waals surface area contributed by atoms with Crippen LogP contribution in [-0.4, -0.2) is 24.0 Å². The first kappa shape index (κ1) is 18.2. The van der Waals surface area contributed by atoms with E-state index in [-0.39, 0.29) is 36.1 Å². The Hall–Kier alpha value is -0.840. The Morgan fingerprint density at radius 2 is 2.24 bits per heavy atom. The molecule has 1 aromatic heterocycles. The first-order valence-electron chi connectivity index (χ1n) is 7.20. The van der Waals surface area contributed by atoms with Gasteiger partial charge >= 0.3 is 0 Å². The van der Waals surface area contributed by atoms with Crippen LogP contribution in [0.2, 0.25) is 0 Å². The highest BCUT2D eigenvalue weighted by molar-refractivity contribution is 5.85. The summed E-state index contributed by atoms with van der Waals surface area (Å²) in [6.07, 6.45) is 6.42. The maximum Gasteiger partial charge on any atom is 0.228 e. The maximum atomic E-state index is 12.6. The van der Waals surface area contributed by atoms with Crippen molar-refractivity contribution in [2.45, 2.75) is 32.2 Å². The number of rotatable bonds is 3. The van der Waals surface area contributed by atoms with Crippen LogP contribution in [0.3, 0.4) is 0 Å². The van der Waals surface area contributed by atoms with Gasteiger partial charge in [0.05, 0.1) is 17.7 Å². The molecule has 2 N–H and O–H groups in total. The summed E-state index contributed by atoms with van der Waals surface area (Å²) in [4.78, 5) is 16.8. The van der Waals surface area contributed by atoms with Crippen molar-refractivity contribution in [1.29, 1.82) is 0 Å². The zero-order chi connectivity index (χ0) is 13.1. The average molecular weight is 332 g/mol. The molecule has 1 saturated heterocycles. The number of nitrogens with zero attached hydrogens (tertiary/aromatic N) is 1. The van der Waals surface area contributed by atoms with Crippen molar-refractivity contribution in [2.75, 3.05) is 13.1 Å². The van der Waals surface area contributed by atoms with Crippen LogP contribution in [-0.2, 0) is 11.3 Å². The number of pyridine rings is 1. The Labute approximate surface area is 138 Å². The number of carbonyl (C=O) groups excluding carboxylic acids is 1. The molecule has 0 spiro atoms. The molecule has 21 heavy (non-hydrogen) atoms. The summed E-state index contributed by atoms with van der Waals surface area (Å²) >= 11 is 0. The molecule has 0 aromatic carbocycles. The fourth-order valence-electron chi connectivity index (χ4n) is 3.54. The molecule has 6 heteroatoms. The van der Waals surface area contributed by atoms with Gasteiger partial charge < -0.3 is 10.6 Å². The van der Waals surface area contributed by atoms with Gasteiger partial charge in [0.25, 0.3) is 0 Å². The Morgan fingerprint density at radius 3 is 3.00 bits per heavy atom. The monoisotopic (exact) mass is 331 g/mol. The van der Waals surface area contributed by atoms with E-state index in [4.69, 9.17) is 0 Å². The van der Waals surface area contributed by atoms with Crippen LogP contribution in [0.5, 0.6) is 0 Å². The number of fused-ring (bicyclic) bond motifs is 1. The highest BCUT2D eigenvalue weighted by Gasteiger charge is 2.49. The molecular formula is C15H23Cl2N3O. The van der Waals surface area contributed by atoms with E-state index in [1.54, 1.807) is 6.20 Å². The molecule has 1 amide bonds. The second kappa shape index (κ2) is 7.97. The van der Waals surface area contributed by atoms with Crippen LogP contribution in [0.4, 0.5) is 0 Å². The quantitative estimate of drug-likeness (QED) is 0.893. The molecule has 1 aliphatic heterocycles. The Balaban J connectivity index is 0.00000110.